The number of halogens is 1. The van der Waals surface area contributed by atoms with Gasteiger partial charge in [-0.2, -0.15) is 0 Å². The summed E-state index contributed by atoms with van der Waals surface area (Å²) in [7, 11) is 0. The van der Waals surface area contributed by atoms with Gasteiger partial charge in [-0.15, -0.1) is 0 Å². The fraction of sp³-hybridized carbons (Fsp3) is 0.375. The van der Waals surface area contributed by atoms with Gasteiger partial charge >= 0.3 is 0 Å². The molecule has 0 fully saturated rings. The Morgan fingerprint density at radius 1 is 1.29 bits per heavy atom. The Kier molecular flexibility index (Phi) is 5.39. The molecule has 2 aromatic rings. The predicted molar refractivity (Wildman–Crippen MR) is 86.5 cm³/mol. The van der Waals surface area contributed by atoms with Crippen molar-refractivity contribution in [3.05, 3.63) is 41.3 Å². The molecule has 0 aliphatic carbocycles. The third-order valence-electron chi connectivity index (χ3n) is 3.26. The van der Waals surface area contributed by atoms with E-state index in [4.69, 9.17) is 16.3 Å². The summed E-state index contributed by atoms with van der Waals surface area (Å²) in [6, 6.07) is 7.83. The van der Waals surface area contributed by atoms with Gasteiger partial charge in [-0.25, -0.2) is 9.97 Å². The maximum Gasteiger partial charge on any atom is 0.138 e. The molecule has 1 unspecified atom stereocenters. The lowest BCUT2D eigenvalue weighted by Gasteiger charge is -2.14. The molecule has 0 amide bonds. The second kappa shape index (κ2) is 7.27. The summed E-state index contributed by atoms with van der Waals surface area (Å²) in [5.41, 5.74) is 1.83. The molecule has 0 bridgehead atoms. The van der Waals surface area contributed by atoms with Gasteiger partial charge in [0, 0.05) is 17.3 Å². The van der Waals surface area contributed by atoms with E-state index in [-0.39, 0.29) is 6.10 Å². The van der Waals surface area contributed by atoms with Crippen molar-refractivity contribution in [2.75, 3.05) is 5.32 Å². The summed E-state index contributed by atoms with van der Waals surface area (Å²) in [6.07, 6.45) is 3.40. The first-order valence-electron chi connectivity index (χ1n) is 7.17. The van der Waals surface area contributed by atoms with Crippen molar-refractivity contribution in [3.8, 4) is 5.75 Å². The Hall–Kier alpha value is -1.81. The summed E-state index contributed by atoms with van der Waals surface area (Å²) in [5.74, 6) is 1.57. The number of anilines is 2. The maximum absolute atomic E-state index is 6.10. The van der Waals surface area contributed by atoms with Gasteiger partial charge in [0.05, 0.1) is 6.10 Å². The normalized spacial score (nSPS) is 12.0. The lowest BCUT2D eigenvalue weighted by molar-refractivity contribution is 0.217. The Morgan fingerprint density at radius 3 is 2.81 bits per heavy atom. The van der Waals surface area contributed by atoms with Gasteiger partial charge in [0.2, 0.25) is 0 Å². The number of ether oxygens (including phenoxy) is 1. The predicted octanol–water partition coefficient (Wildman–Crippen LogP) is 4.61. The number of benzene rings is 1. The Morgan fingerprint density at radius 2 is 2.10 bits per heavy atom. The van der Waals surface area contributed by atoms with E-state index in [9.17, 15) is 0 Å². The Labute approximate surface area is 130 Å². The minimum atomic E-state index is 0.194. The van der Waals surface area contributed by atoms with E-state index in [0.717, 1.165) is 35.7 Å². The van der Waals surface area contributed by atoms with E-state index in [1.54, 1.807) is 0 Å². The summed E-state index contributed by atoms with van der Waals surface area (Å²) in [4.78, 5) is 8.27. The van der Waals surface area contributed by atoms with Gasteiger partial charge < -0.3 is 10.1 Å². The smallest absolute Gasteiger partial charge is 0.138 e. The zero-order valence-electron chi connectivity index (χ0n) is 12.6. The van der Waals surface area contributed by atoms with Gasteiger partial charge in [0.1, 0.15) is 23.0 Å². The first-order valence-corrected chi connectivity index (χ1v) is 7.55. The summed E-state index contributed by atoms with van der Waals surface area (Å²) in [6.45, 7) is 6.18. The van der Waals surface area contributed by atoms with E-state index in [0.29, 0.717) is 5.15 Å². The molecule has 1 atom stereocenters. The number of rotatable bonds is 6. The van der Waals surface area contributed by atoms with E-state index < -0.39 is 0 Å². The lowest BCUT2D eigenvalue weighted by atomic mass is 10.2. The van der Waals surface area contributed by atoms with Crippen LogP contribution in [0, 0.1) is 0 Å². The van der Waals surface area contributed by atoms with Gasteiger partial charge in [0.15, 0.2) is 0 Å². The molecular weight excluding hydrogens is 286 g/mol. The largest absolute Gasteiger partial charge is 0.491 e. The number of nitrogens with zero attached hydrogens (tertiary/aromatic N) is 2. The zero-order chi connectivity index (χ0) is 15.2. The molecule has 5 heteroatoms. The molecule has 1 aromatic carbocycles. The van der Waals surface area contributed by atoms with E-state index in [1.165, 1.54) is 6.33 Å². The summed E-state index contributed by atoms with van der Waals surface area (Å²) in [5, 5.41) is 3.77. The van der Waals surface area contributed by atoms with Crippen LogP contribution in [0.2, 0.25) is 5.15 Å². The molecule has 0 aliphatic rings. The molecule has 0 saturated heterocycles. The summed E-state index contributed by atoms with van der Waals surface area (Å²) < 4.78 is 5.82. The van der Waals surface area contributed by atoms with Crippen LogP contribution in [0.3, 0.4) is 0 Å². The monoisotopic (exact) mass is 305 g/mol. The average Bonchev–Trinajstić information content (AvgIpc) is 2.48. The molecule has 112 valence electrons. The van der Waals surface area contributed by atoms with Crippen LogP contribution in [0.1, 0.15) is 32.8 Å². The fourth-order valence-electron chi connectivity index (χ4n) is 1.91. The molecule has 0 spiro atoms. The Balaban J connectivity index is 2.20. The first kappa shape index (κ1) is 15.6. The van der Waals surface area contributed by atoms with E-state index in [2.05, 4.69) is 29.1 Å². The molecule has 1 aromatic heterocycles. The molecular formula is C16H20ClN3O. The fourth-order valence-corrected chi connectivity index (χ4v) is 2.18. The SMILES string of the molecule is CCc1c(Cl)ncnc1Nc1cccc(OC(C)CC)c1. The number of hydrogen-bond acceptors (Lipinski definition) is 4. The second-order valence-corrected chi connectivity index (χ2v) is 5.19. The molecule has 2 rings (SSSR count). The highest BCUT2D eigenvalue weighted by Gasteiger charge is 2.09. The lowest BCUT2D eigenvalue weighted by Crippen LogP contribution is -2.09. The van der Waals surface area contributed by atoms with Crippen LogP contribution in [0.5, 0.6) is 5.75 Å². The van der Waals surface area contributed by atoms with E-state index >= 15 is 0 Å². The van der Waals surface area contributed by atoms with Crippen LogP contribution in [0.25, 0.3) is 0 Å². The minimum Gasteiger partial charge on any atom is -0.491 e. The molecule has 21 heavy (non-hydrogen) atoms. The average molecular weight is 306 g/mol. The molecule has 0 aliphatic heterocycles. The van der Waals surface area contributed by atoms with Gasteiger partial charge in [-0.1, -0.05) is 31.5 Å². The van der Waals surface area contributed by atoms with Crippen LogP contribution >= 0.6 is 11.6 Å². The van der Waals surface area contributed by atoms with Crippen LogP contribution < -0.4 is 10.1 Å². The highest BCUT2D eigenvalue weighted by molar-refractivity contribution is 6.30. The number of hydrogen-bond donors (Lipinski definition) is 1. The van der Waals surface area contributed by atoms with Gasteiger partial charge in [-0.05, 0) is 31.9 Å². The van der Waals surface area contributed by atoms with Crippen LogP contribution in [0.15, 0.2) is 30.6 Å². The number of aromatic nitrogens is 2. The van der Waals surface area contributed by atoms with Crippen molar-refractivity contribution >= 4 is 23.1 Å². The highest BCUT2D eigenvalue weighted by atomic mass is 35.5. The van der Waals surface area contributed by atoms with Crippen LogP contribution in [0.4, 0.5) is 11.5 Å². The third kappa shape index (κ3) is 4.08. The van der Waals surface area contributed by atoms with Crippen molar-refractivity contribution in [2.45, 2.75) is 39.7 Å². The Bertz CT molecular complexity index is 604. The molecule has 0 radical (unpaired) electrons. The molecule has 0 saturated carbocycles. The van der Waals surface area contributed by atoms with Gasteiger partial charge in [-0.3, -0.25) is 0 Å². The van der Waals surface area contributed by atoms with Crippen molar-refractivity contribution in [1.29, 1.82) is 0 Å². The van der Waals surface area contributed by atoms with Crippen LogP contribution in [-0.2, 0) is 6.42 Å². The quantitative estimate of drug-likeness (QED) is 0.791. The van der Waals surface area contributed by atoms with Crippen molar-refractivity contribution < 1.29 is 4.74 Å². The minimum absolute atomic E-state index is 0.194. The molecule has 1 heterocycles. The van der Waals surface area contributed by atoms with Crippen molar-refractivity contribution in [2.24, 2.45) is 0 Å². The summed E-state index contributed by atoms with van der Waals surface area (Å²) >= 11 is 6.10. The molecule has 1 N–H and O–H groups in total. The van der Waals surface area contributed by atoms with E-state index in [1.807, 2.05) is 31.2 Å². The first-order chi connectivity index (χ1) is 10.1. The topological polar surface area (TPSA) is 47.0 Å². The standard InChI is InChI=1S/C16H20ClN3O/c1-4-11(3)21-13-8-6-7-12(9-13)20-16-14(5-2)15(17)18-10-19-16/h6-11H,4-5H2,1-3H3,(H,18,19,20). The number of nitrogens with one attached hydrogen (secondary N) is 1. The van der Waals surface area contributed by atoms with Crippen LogP contribution in [-0.4, -0.2) is 16.1 Å². The molecule has 4 nitrogen and oxygen atoms in total. The zero-order valence-corrected chi connectivity index (χ0v) is 13.3. The van der Waals surface area contributed by atoms with Crippen molar-refractivity contribution in [3.63, 3.8) is 0 Å². The maximum atomic E-state index is 6.10. The second-order valence-electron chi connectivity index (χ2n) is 4.83. The van der Waals surface area contributed by atoms with Crippen molar-refractivity contribution in [1.82, 2.24) is 9.97 Å². The highest BCUT2D eigenvalue weighted by Crippen LogP contribution is 2.26. The third-order valence-corrected chi connectivity index (χ3v) is 3.58. The van der Waals surface area contributed by atoms with Gasteiger partial charge in [0.25, 0.3) is 0 Å².